The highest BCUT2D eigenvalue weighted by atomic mass is 16.5. The van der Waals surface area contributed by atoms with Crippen LogP contribution in [0.3, 0.4) is 0 Å². The summed E-state index contributed by atoms with van der Waals surface area (Å²) in [6, 6.07) is 23.5. The number of hydrogen-bond acceptors (Lipinski definition) is 4. The molecule has 3 atom stereocenters. The van der Waals surface area contributed by atoms with Gasteiger partial charge in [-0.05, 0) is 23.5 Å². The van der Waals surface area contributed by atoms with Crippen molar-refractivity contribution in [1.82, 2.24) is 0 Å². The summed E-state index contributed by atoms with van der Waals surface area (Å²) >= 11 is 0. The minimum absolute atomic E-state index is 0.0531. The lowest BCUT2D eigenvalue weighted by Gasteiger charge is -2.45. The highest BCUT2D eigenvalue weighted by molar-refractivity contribution is 6.04. The minimum atomic E-state index is -0.226. The van der Waals surface area contributed by atoms with Gasteiger partial charge in [0.15, 0.2) is 5.78 Å². The number of hydrogen-bond donors (Lipinski definition) is 1. The largest absolute Gasteiger partial charge is 0.507 e. The number of Topliss-reactive ketones (excluding diaryl/α,β-unsaturated/α-hetero) is 1. The van der Waals surface area contributed by atoms with Gasteiger partial charge < -0.3 is 14.6 Å². The molecule has 0 bridgehead atoms. The number of ketones is 1. The lowest BCUT2D eigenvalue weighted by Crippen LogP contribution is -2.38. The summed E-state index contributed by atoms with van der Waals surface area (Å²) in [6.45, 7) is 0. The van der Waals surface area contributed by atoms with E-state index < -0.39 is 0 Å². The Kier molecular flexibility index (Phi) is 5.26. The Morgan fingerprint density at radius 1 is 0.897 bits per heavy atom. The fraction of sp³-hybridized carbons (Fsp3) is 0.240. The van der Waals surface area contributed by atoms with Gasteiger partial charge in [-0.3, -0.25) is 4.79 Å². The van der Waals surface area contributed by atoms with Gasteiger partial charge >= 0.3 is 0 Å². The first-order valence-electron chi connectivity index (χ1n) is 9.73. The third kappa shape index (κ3) is 3.46. The Labute approximate surface area is 170 Å². The zero-order valence-corrected chi connectivity index (χ0v) is 16.5. The SMILES string of the molecule is COc1cc(O)c(C(=O)[C@@H]2C[C@H](c3ccccc3)[C@H]2c2ccccc2)c(OC)c1. The topological polar surface area (TPSA) is 55.8 Å². The summed E-state index contributed by atoms with van der Waals surface area (Å²) in [5.74, 6) is 0.671. The first kappa shape index (κ1) is 19.1. The van der Waals surface area contributed by atoms with Gasteiger partial charge in [0.25, 0.3) is 0 Å². The van der Waals surface area contributed by atoms with Crippen LogP contribution in [0.5, 0.6) is 17.2 Å². The van der Waals surface area contributed by atoms with Gasteiger partial charge in [0.2, 0.25) is 0 Å². The van der Waals surface area contributed by atoms with Crippen LogP contribution in [0.25, 0.3) is 0 Å². The maximum absolute atomic E-state index is 13.5. The maximum atomic E-state index is 13.5. The fourth-order valence-corrected chi connectivity index (χ4v) is 4.39. The highest BCUT2D eigenvalue weighted by Crippen LogP contribution is 2.55. The molecule has 1 saturated carbocycles. The summed E-state index contributed by atoms with van der Waals surface area (Å²) < 4.78 is 10.6. The summed E-state index contributed by atoms with van der Waals surface area (Å²) in [6.07, 6.45) is 0.733. The van der Waals surface area contributed by atoms with Crippen molar-refractivity contribution in [3.05, 3.63) is 89.5 Å². The second kappa shape index (κ2) is 8.00. The van der Waals surface area contributed by atoms with Crippen LogP contribution in [0.1, 0.15) is 39.7 Å². The number of phenolic OH excluding ortho intramolecular Hbond substituents is 1. The van der Waals surface area contributed by atoms with E-state index in [2.05, 4.69) is 24.3 Å². The molecular formula is C25H24O4. The maximum Gasteiger partial charge on any atom is 0.174 e. The van der Waals surface area contributed by atoms with Gasteiger partial charge in [-0.25, -0.2) is 0 Å². The van der Waals surface area contributed by atoms with Crippen molar-refractivity contribution in [2.75, 3.05) is 14.2 Å². The number of carbonyl (C=O) groups is 1. The van der Waals surface area contributed by atoms with E-state index >= 15 is 0 Å². The van der Waals surface area contributed by atoms with Crippen LogP contribution in [-0.2, 0) is 0 Å². The molecule has 0 amide bonds. The molecule has 0 spiro atoms. The average Bonchev–Trinajstić information content (AvgIpc) is 2.73. The molecule has 148 valence electrons. The Balaban J connectivity index is 1.72. The molecule has 3 aromatic rings. The number of carbonyl (C=O) groups excluding carboxylic acids is 1. The average molecular weight is 388 g/mol. The number of rotatable bonds is 6. The van der Waals surface area contributed by atoms with Crippen LogP contribution in [-0.4, -0.2) is 25.1 Å². The van der Waals surface area contributed by atoms with Crippen molar-refractivity contribution in [3.8, 4) is 17.2 Å². The number of benzene rings is 3. The fourth-order valence-electron chi connectivity index (χ4n) is 4.39. The third-order valence-electron chi connectivity index (χ3n) is 5.88. The molecule has 0 aliphatic heterocycles. The second-order valence-corrected chi connectivity index (χ2v) is 7.38. The number of ether oxygens (including phenoxy) is 2. The third-order valence-corrected chi connectivity index (χ3v) is 5.88. The number of aromatic hydroxyl groups is 1. The van der Waals surface area contributed by atoms with Gasteiger partial charge in [-0.15, -0.1) is 0 Å². The molecule has 0 unspecified atom stereocenters. The predicted octanol–water partition coefficient (Wildman–Crippen LogP) is 5.18. The molecule has 1 fully saturated rings. The van der Waals surface area contributed by atoms with E-state index in [9.17, 15) is 9.90 Å². The van der Waals surface area contributed by atoms with Crippen molar-refractivity contribution in [2.45, 2.75) is 18.3 Å². The van der Waals surface area contributed by atoms with Gasteiger partial charge in [0, 0.05) is 24.0 Å². The zero-order chi connectivity index (χ0) is 20.4. The van der Waals surface area contributed by atoms with Crippen LogP contribution < -0.4 is 9.47 Å². The first-order chi connectivity index (χ1) is 14.1. The van der Waals surface area contributed by atoms with E-state index in [0.29, 0.717) is 11.5 Å². The molecule has 29 heavy (non-hydrogen) atoms. The van der Waals surface area contributed by atoms with Crippen molar-refractivity contribution in [1.29, 1.82) is 0 Å². The van der Waals surface area contributed by atoms with Crippen LogP contribution in [0.4, 0.5) is 0 Å². The van der Waals surface area contributed by atoms with E-state index in [1.807, 2.05) is 36.4 Å². The summed E-state index contributed by atoms with van der Waals surface area (Å²) in [4.78, 5) is 13.5. The molecule has 1 aliphatic rings. The highest BCUT2D eigenvalue weighted by Gasteiger charge is 2.47. The normalized spacial score (nSPS) is 20.6. The van der Waals surface area contributed by atoms with Gasteiger partial charge in [-0.2, -0.15) is 0 Å². The smallest absolute Gasteiger partial charge is 0.174 e. The van der Waals surface area contributed by atoms with Crippen LogP contribution >= 0.6 is 0 Å². The van der Waals surface area contributed by atoms with Gasteiger partial charge in [0.05, 0.1) is 14.2 Å². The summed E-state index contributed by atoms with van der Waals surface area (Å²) in [5.41, 5.74) is 2.60. The molecule has 0 radical (unpaired) electrons. The first-order valence-corrected chi connectivity index (χ1v) is 9.73. The van der Waals surface area contributed by atoms with Gasteiger partial charge in [0.1, 0.15) is 22.8 Å². The molecule has 0 aromatic heterocycles. The minimum Gasteiger partial charge on any atom is -0.507 e. The molecule has 0 saturated heterocycles. The van der Waals surface area contributed by atoms with E-state index in [-0.39, 0.29) is 34.8 Å². The molecule has 1 N–H and O–H groups in total. The van der Waals surface area contributed by atoms with Crippen molar-refractivity contribution in [3.63, 3.8) is 0 Å². The molecule has 1 aliphatic carbocycles. The van der Waals surface area contributed by atoms with Crippen molar-refractivity contribution < 1.29 is 19.4 Å². The molecule has 0 heterocycles. The standard InChI is InChI=1S/C25H24O4/c1-28-18-13-21(26)24(22(14-18)29-2)25(27)20-15-19(16-9-5-3-6-10-16)23(20)17-11-7-4-8-12-17/h3-14,19-20,23,26H,15H2,1-2H3/t19-,20-,23-/m1/s1. The van der Waals surface area contributed by atoms with E-state index in [1.165, 1.54) is 25.8 Å². The molecule has 3 aromatic carbocycles. The molecule has 4 rings (SSSR count). The van der Waals surface area contributed by atoms with Crippen LogP contribution in [0.15, 0.2) is 72.8 Å². The quantitative estimate of drug-likeness (QED) is 0.591. The second-order valence-electron chi connectivity index (χ2n) is 7.38. The van der Waals surface area contributed by atoms with Crippen LogP contribution in [0, 0.1) is 5.92 Å². The van der Waals surface area contributed by atoms with E-state index in [0.717, 1.165) is 12.0 Å². The Bertz CT molecular complexity index is 998. The molecule has 4 heteroatoms. The lowest BCUT2D eigenvalue weighted by atomic mass is 9.57. The van der Waals surface area contributed by atoms with Crippen molar-refractivity contribution >= 4 is 5.78 Å². The van der Waals surface area contributed by atoms with Crippen molar-refractivity contribution in [2.24, 2.45) is 5.92 Å². The lowest BCUT2D eigenvalue weighted by molar-refractivity contribution is 0.0774. The monoisotopic (exact) mass is 388 g/mol. The predicted molar refractivity (Wildman–Crippen MR) is 112 cm³/mol. The summed E-state index contributed by atoms with van der Waals surface area (Å²) in [7, 11) is 3.00. The number of methoxy groups -OCH3 is 2. The number of phenols is 1. The zero-order valence-electron chi connectivity index (χ0n) is 16.5. The van der Waals surface area contributed by atoms with E-state index in [4.69, 9.17) is 9.47 Å². The summed E-state index contributed by atoms with van der Waals surface area (Å²) in [5, 5.41) is 10.5. The Morgan fingerprint density at radius 3 is 2.10 bits per heavy atom. The van der Waals surface area contributed by atoms with Crippen LogP contribution in [0.2, 0.25) is 0 Å². The molecular weight excluding hydrogens is 364 g/mol. The Hall–Kier alpha value is -3.27. The Morgan fingerprint density at radius 2 is 1.52 bits per heavy atom. The van der Waals surface area contributed by atoms with E-state index in [1.54, 1.807) is 6.07 Å². The van der Waals surface area contributed by atoms with Gasteiger partial charge in [-0.1, -0.05) is 60.7 Å². The molecule has 4 nitrogen and oxygen atoms in total.